The SMILES string of the molecule is CCn1c(-c2ccc(C)cc2)cs/c1=N\N=C/c1ccc(OC)c(OC)c1. The van der Waals surface area contributed by atoms with Crippen molar-refractivity contribution in [2.24, 2.45) is 10.2 Å². The van der Waals surface area contributed by atoms with Crippen molar-refractivity contribution in [2.45, 2.75) is 20.4 Å². The molecule has 0 bridgehead atoms. The molecular formula is C21H23N3O2S. The molecule has 3 aromatic rings. The van der Waals surface area contributed by atoms with E-state index in [1.165, 1.54) is 11.1 Å². The summed E-state index contributed by atoms with van der Waals surface area (Å²) < 4.78 is 12.7. The van der Waals surface area contributed by atoms with E-state index in [-0.39, 0.29) is 0 Å². The summed E-state index contributed by atoms with van der Waals surface area (Å²) in [6.07, 6.45) is 1.72. The molecule has 0 atom stereocenters. The van der Waals surface area contributed by atoms with Crippen LogP contribution in [0.5, 0.6) is 11.5 Å². The average Bonchev–Trinajstić information content (AvgIpc) is 3.11. The average molecular weight is 382 g/mol. The third kappa shape index (κ3) is 4.28. The molecule has 0 radical (unpaired) electrons. The second kappa shape index (κ2) is 8.68. The first kappa shape index (κ1) is 18.9. The molecule has 0 N–H and O–H groups in total. The standard InChI is InChI=1S/C21H23N3O2S/c1-5-24-18(17-9-6-15(2)7-10-17)14-27-21(24)23-22-13-16-8-11-19(25-3)20(12-16)26-4/h6-14H,5H2,1-4H3/b22-13-,23-21-. The summed E-state index contributed by atoms with van der Waals surface area (Å²) in [6, 6.07) is 14.2. The van der Waals surface area contributed by atoms with Crippen molar-refractivity contribution in [1.29, 1.82) is 0 Å². The van der Waals surface area contributed by atoms with Crippen molar-refractivity contribution in [3.05, 3.63) is 63.8 Å². The number of thiazole rings is 1. The van der Waals surface area contributed by atoms with Gasteiger partial charge in [-0.3, -0.25) is 0 Å². The van der Waals surface area contributed by atoms with Gasteiger partial charge in [-0.05, 0) is 43.2 Å². The third-order valence-corrected chi connectivity index (χ3v) is 5.07. The topological polar surface area (TPSA) is 48.1 Å². The van der Waals surface area contributed by atoms with Crippen LogP contribution in [0.25, 0.3) is 11.3 Å². The number of benzene rings is 2. The molecule has 2 aromatic carbocycles. The van der Waals surface area contributed by atoms with E-state index in [1.807, 2.05) is 18.2 Å². The van der Waals surface area contributed by atoms with Gasteiger partial charge >= 0.3 is 0 Å². The molecule has 0 unspecified atom stereocenters. The van der Waals surface area contributed by atoms with E-state index in [0.717, 1.165) is 22.6 Å². The second-order valence-corrected chi connectivity index (χ2v) is 6.81. The summed E-state index contributed by atoms with van der Waals surface area (Å²) >= 11 is 1.59. The number of hydrogen-bond donors (Lipinski definition) is 0. The van der Waals surface area contributed by atoms with Crippen LogP contribution in [-0.2, 0) is 6.54 Å². The second-order valence-electron chi connectivity index (χ2n) is 5.97. The lowest BCUT2D eigenvalue weighted by Crippen LogP contribution is -2.14. The minimum atomic E-state index is 0.669. The number of aryl methyl sites for hydroxylation is 1. The number of rotatable bonds is 6. The largest absolute Gasteiger partial charge is 0.493 e. The Balaban J connectivity index is 1.89. The van der Waals surface area contributed by atoms with Crippen LogP contribution in [0, 0.1) is 6.92 Å². The third-order valence-electron chi connectivity index (χ3n) is 4.22. The highest BCUT2D eigenvalue weighted by molar-refractivity contribution is 7.07. The first-order valence-electron chi connectivity index (χ1n) is 8.70. The maximum atomic E-state index is 5.32. The van der Waals surface area contributed by atoms with Crippen LogP contribution >= 0.6 is 11.3 Å². The summed E-state index contributed by atoms with van der Waals surface area (Å²) in [5.74, 6) is 1.36. The first-order chi connectivity index (χ1) is 13.2. The van der Waals surface area contributed by atoms with Gasteiger partial charge in [0, 0.05) is 11.9 Å². The van der Waals surface area contributed by atoms with Crippen LogP contribution in [0.3, 0.4) is 0 Å². The zero-order chi connectivity index (χ0) is 19.2. The van der Waals surface area contributed by atoms with Gasteiger partial charge in [-0.1, -0.05) is 29.8 Å². The minimum Gasteiger partial charge on any atom is -0.493 e. The lowest BCUT2D eigenvalue weighted by molar-refractivity contribution is 0.355. The van der Waals surface area contributed by atoms with Gasteiger partial charge in [0.2, 0.25) is 4.80 Å². The molecule has 0 fully saturated rings. The number of hydrogen-bond acceptors (Lipinski definition) is 5. The van der Waals surface area contributed by atoms with Crippen LogP contribution in [0.2, 0.25) is 0 Å². The molecule has 1 aromatic heterocycles. The van der Waals surface area contributed by atoms with E-state index in [9.17, 15) is 0 Å². The Morgan fingerprint density at radius 1 is 1.04 bits per heavy atom. The summed E-state index contributed by atoms with van der Waals surface area (Å²) in [5.41, 5.74) is 4.49. The maximum Gasteiger partial charge on any atom is 0.211 e. The highest BCUT2D eigenvalue weighted by Crippen LogP contribution is 2.27. The molecule has 0 spiro atoms. The lowest BCUT2D eigenvalue weighted by atomic mass is 10.1. The summed E-state index contributed by atoms with van der Waals surface area (Å²) in [5, 5.41) is 10.8. The Bertz CT molecular complexity index is 1000. The van der Waals surface area contributed by atoms with Gasteiger partial charge in [0.05, 0.1) is 26.1 Å². The van der Waals surface area contributed by atoms with Crippen molar-refractivity contribution < 1.29 is 9.47 Å². The lowest BCUT2D eigenvalue weighted by Gasteiger charge is -2.07. The van der Waals surface area contributed by atoms with Crippen molar-refractivity contribution in [3.63, 3.8) is 0 Å². The molecule has 0 aliphatic heterocycles. The summed E-state index contributed by atoms with van der Waals surface area (Å²) in [4.78, 5) is 0.866. The van der Waals surface area contributed by atoms with Gasteiger partial charge < -0.3 is 14.0 Å². The highest BCUT2D eigenvalue weighted by atomic mass is 32.1. The van der Waals surface area contributed by atoms with Crippen LogP contribution in [0.1, 0.15) is 18.1 Å². The van der Waals surface area contributed by atoms with Gasteiger partial charge in [0.15, 0.2) is 11.5 Å². The molecule has 0 saturated carbocycles. The number of aromatic nitrogens is 1. The molecule has 5 nitrogen and oxygen atoms in total. The van der Waals surface area contributed by atoms with Gasteiger partial charge in [0.1, 0.15) is 0 Å². The van der Waals surface area contributed by atoms with Crippen LogP contribution < -0.4 is 14.3 Å². The molecule has 6 heteroatoms. The van der Waals surface area contributed by atoms with Gasteiger partial charge in [-0.15, -0.1) is 16.4 Å². The fourth-order valence-electron chi connectivity index (χ4n) is 2.75. The predicted octanol–water partition coefficient (Wildman–Crippen LogP) is 4.50. The Hall–Kier alpha value is -2.86. The molecule has 140 valence electrons. The summed E-state index contributed by atoms with van der Waals surface area (Å²) in [7, 11) is 3.23. The maximum absolute atomic E-state index is 5.32. The zero-order valence-electron chi connectivity index (χ0n) is 16.0. The molecule has 1 heterocycles. The normalized spacial score (nSPS) is 11.9. The van der Waals surface area contributed by atoms with E-state index >= 15 is 0 Å². The van der Waals surface area contributed by atoms with E-state index in [4.69, 9.17) is 9.47 Å². The fraction of sp³-hybridized carbons (Fsp3) is 0.238. The van der Waals surface area contributed by atoms with E-state index in [1.54, 1.807) is 31.8 Å². The molecule has 0 amide bonds. The zero-order valence-corrected chi connectivity index (χ0v) is 16.8. The van der Waals surface area contributed by atoms with Crippen LogP contribution in [-0.4, -0.2) is 25.0 Å². The smallest absolute Gasteiger partial charge is 0.211 e. The molecule has 0 aliphatic rings. The Labute approximate surface area is 163 Å². The monoisotopic (exact) mass is 381 g/mol. The molecule has 0 aliphatic carbocycles. The molecule has 27 heavy (non-hydrogen) atoms. The Morgan fingerprint density at radius 2 is 1.78 bits per heavy atom. The number of ether oxygens (including phenoxy) is 2. The Morgan fingerprint density at radius 3 is 2.44 bits per heavy atom. The van der Waals surface area contributed by atoms with Crippen molar-refractivity contribution in [1.82, 2.24) is 4.57 Å². The fourth-order valence-corrected chi connectivity index (χ4v) is 3.68. The highest BCUT2D eigenvalue weighted by Gasteiger charge is 2.06. The van der Waals surface area contributed by atoms with E-state index < -0.39 is 0 Å². The van der Waals surface area contributed by atoms with E-state index in [2.05, 4.69) is 58.3 Å². The van der Waals surface area contributed by atoms with Crippen molar-refractivity contribution in [2.75, 3.05) is 14.2 Å². The van der Waals surface area contributed by atoms with Crippen molar-refractivity contribution >= 4 is 17.6 Å². The van der Waals surface area contributed by atoms with E-state index in [0.29, 0.717) is 11.5 Å². The van der Waals surface area contributed by atoms with Crippen LogP contribution in [0.15, 0.2) is 58.0 Å². The minimum absolute atomic E-state index is 0.669. The van der Waals surface area contributed by atoms with Crippen molar-refractivity contribution in [3.8, 4) is 22.8 Å². The Kier molecular flexibility index (Phi) is 6.08. The van der Waals surface area contributed by atoms with Crippen LogP contribution in [0.4, 0.5) is 0 Å². The molecule has 0 saturated heterocycles. The molecule has 3 rings (SSSR count). The number of methoxy groups -OCH3 is 2. The van der Waals surface area contributed by atoms with Gasteiger partial charge in [-0.25, -0.2) is 0 Å². The number of nitrogens with zero attached hydrogens (tertiary/aromatic N) is 3. The first-order valence-corrected chi connectivity index (χ1v) is 9.58. The van der Waals surface area contributed by atoms with Gasteiger partial charge in [-0.2, -0.15) is 5.10 Å². The molecular weight excluding hydrogens is 358 g/mol. The quantitative estimate of drug-likeness (QED) is 0.466. The van der Waals surface area contributed by atoms with Gasteiger partial charge in [0.25, 0.3) is 0 Å². The predicted molar refractivity (Wildman–Crippen MR) is 111 cm³/mol. The summed E-state index contributed by atoms with van der Waals surface area (Å²) in [6.45, 7) is 5.04.